The first-order chi connectivity index (χ1) is 15.4. The number of hydrogen-bond donors (Lipinski definition) is 3. The zero-order valence-corrected chi connectivity index (χ0v) is 17.8. The molecular weight excluding hydrogens is 408 g/mol. The van der Waals surface area contributed by atoms with Crippen LogP contribution in [-0.4, -0.2) is 36.6 Å². The molecule has 0 bridgehead atoms. The second kappa shape index (κ2) is 8.30. The summed E-state index contributed by atoms with van der Waals surface area (Å²) in [5.74, 6) is 1.80. The number of rotatable bonds is 4. The minimum atomic E-state index is -0.00640. The second-order valence-corrected chi connectivity index (χ2v) is 6.93. The third kappa shape index (κ3) is 4.03. The largest absolute Gasteiger partial charge is 0.457 e. The third-order valence-corrected chi connectivity index (χ3v) is 4.74. The SMILES string of the molecule is CN=c1nc(N)n(C)nc1-c1ccc(Oc2ccc(-c3nn(C)c(=N)nc3N)cc2)cc1. The molecule has 11 nitrogen and oxygen atoms in total. The van der Waals surface area contributed by atoms with E-state index in [9.17, 15) is 0 Å². The molecule has 0 saturated carbocycles. The molecule has 2 aromatic carbocycles. The molecule has 162 valence electrons. The van der Waals surface area contributed by atoms with Crippen molar-refractivity contribution in [2.45, 2.75) is 0 Å². The van der Waals surface area contributed by atoms with Crippen LogP contribution in [0.2, 0.25) is 0 Å². The highest BCUT2D eigenvalue weighted by atomic mass is 16.5. The van der Waals surface area contributed by atoms with E-state index in [1.165, 1.54) is 9.36 Å². The van der Waals surface area contributed by atoms with E-state index in [1.54, 1.807) is 21.1 Å². The molecule has 0 radical (unpaired) electrons. The minimum absolute atomic E-state index is 0.00640. The molecule has 0 atom stereocenters. The Morgan fingerprint density at radius 2 is 1.34 bits per heavy atom. The lowest BCUT2D eigenvalue weighted by atomic mass is 10.1. The minimum Gasteiger partial charge on any atom is -0.457 e. The Bertz CT molecular complexity index is 1400. The average molecular weight is 430 g/mol. The molecule has 5 N–H and O–H groups in total. The summed E-state index contributed by atoms with van der Waals surface area (Å²) in [6.07, 6.45) is 0. The van der Waals surface area contributed by atoms with E-state index in [0.29, 0.717) is 28.4 Å². The van der Waals surface area contributed by atoms with Gasteiger partial charge in [0.25, 0.3) is 0 Å². The maximum atomic E-state index is 7.66. The molecule has 4 aromatic rings. The number of benzene rings is 2. The van der Waals surface area contributed by atoms with Crippen LogP contribution in [0.4, 0.5) is 11.8 Å². The van der Waals surface area contributed by atoms with E-state index < -0.39 is 0 Å². The first-order valence-corrected chi connectivity index (χ1v) is 9.63. The van der Waals surface area contributed by atoms with Gasteiger partial charge in [-0.15, -0.1) is 0 Å². The molecule has 2 heterocycles. The summed E-state index contributed by atoms with van der Waals surface area (Å²) in [4.78, 5) is 12.4. The van der Waals surface area contributed by atoms with E-state index >= 15 is 0 Å². The van der Waals surface area contributed by atoms with Crippen LogP contribution in [0.5, 0.6) is 11.5 Å². The van der Waals surface area contributed by atoms with E-state index in [2.05, 4.69) is 25.2 Å². The van der Waals surface area contributed by atoms with Gasteiger partial charge >= 0.3 is 0 Å². The van der Waals surface area contributed by atoms with Crippen LogP contribution in [-0.2, 0) is 14.1 Å². The molecule has 4 rings (SSSR count). The van der Waals surface area contributed by atoms with E-state index in [4.69, 9.17) is 21.6 Å². The fourth-order valence-corrected chi connectivity index (χ4v) is 3.01. The van der Waals surface area contributed by atoms with Crippen LogP contribution >= 0.6 is 0 Å². The molecule has 32 heavy (non-hydrogen) atoms. The maximum absolute atomic E-state index is 7.66. The molecule has 0 amide bonds. The monoisotopic (exact) mass is 430 g/mol. The summed E-state index contributed by atoms with van der Waals surface area (Å²) >= 11 is 0. The number of nitrogens with zero attached hydrogens (tertiary/aromatic N) is 7. The van der Waals surface area contributed by atoms with Crippen LogP contribution in [0, 0.1) is 5.41 Å². The summed E-state index contributed by atoms with van der Waals surface area (Å²) < 4.78 is 8.81. The highest BCUT2D eigenvalue weighted by molar-refractivity contribution is 5.69. The van der Waals surface area contributed by atoms with Gasteiger partial charge in [-0.1, -0.05) is 0 Å². The van der Waals surface area contributed by atoms with Crippen LogP contribution in [0.1, 0.15) is 0 Å². The van der Waals surface area contributed by atoms with E-state index in [1.807, 2.05) is 48.5 Å². The zero-order valence-electron chi connectivity index (χ0n) is 17.8. The van der Waals surface area contributed by atoms with Gasteiger partial charge in [-0.2, -0.15) is 20.2 Å². The summed E-state index contributed by atoms with van der Waals surface area (Å²) in [5, 5.41) is 16.4. The normalized spacial score (nSPS) is 11.5. The standard InChI is InChI=1S/C21H22N10O/c1-25-19-17(29-31(3)21(24)27-19)13-6-10-15(11-7-13)32-14-8-4-12(5-9-14)16-18(22)26-20(23)30(2)28-16/h4-11H,1-3H3,(H3,22,23,26)(H2,24,25,27). The van der Waals surface area contributed by atoms with Crippen molar-refractivity contribution in [3.05, 3.63) is 59.6 Å². The van der Waals surface area contributed by atoms with Gasteiger partial charge in [-0.25, -0.2) is 9.36 Å². The Balaban J connectivity index is 1.56. The number of anilines is 2. The summed E-state index contributed by atoms with van der Waals surface area (Å²) in [7, 11) is 5.02. The number of aryl methyl sites for hydroxylation is 2. The lowest BCUT2D eigenvalue weighted by molar-refractivity contribution is 0.483. The van der Waals surface area contributed by atoms with Gasteiger partial charge < -0.3 is 16.2 Å². The quantitative estimate of drug-likeness (QED) is 0.439. The zero-order chi connectivity index (χ0) is 22.8. The molecule has 11 heteroatoms. The van der Waals surface area contributed by atoms with Crippen molar-refractivity contribution in [3.8, 4) is 34.0 Å². The molecule has 0 aliphatic heterocycles. The highest BCUT2D eigenvalue weighted by Gasteiger charge is 2.10. The van der Waals surface area contributed by atoms with Gasteiger partial charge in [0.1, 0.15) is 22.9 Å². The molecule has 0 saturated heterocycles. The van der Waals surface area contributed by atoms with Gasteiger partial charge in [0, 0.05) is 32.3 Å². The van der Waals surface area contributed by atoms with E-state index in [-0.39, 0.29) is 17.4 Å². The smallest absolute Gasteiger partial charge is 0.240 e. The predicted octanol–water partition coefficient (Wildman–Crippen LogP) is 1.24. The fraction of sp³-hybridized carbons (Fsp3) is 0.143. The lowest BCUT2D eigenvalue weighted by Crippen LogP contribution is -2.24. The van der Waals surface area contributed by atoms with Crippen molar-refractivity contribution in [3.63, 3.8) is 0 Å². The molecule has 0 unspecified atom stereocenters. The maximum Gasteiger partial charge on any atom is 0.240 e. The topological polar surface area (TPSA) is 159 Å². The summed E-state index contributed by atoms with van der Waals surface area (Å²) in [6.45, 7) is 0. The van der Waals surface area contributed by atoms with Gasteiger partial charge in [0.05, 0.1) is 0 Å². The van der Waals surface area contributed by atoms with Crippen molar-refractivity contribution >= 4 is 11.8 Å². The number of nitrogens with one attached hydrogen (secondary N) is 1. The first kappa shape index (κ1) is 20.7. The Kier molecular flexibility index (Phi) is 5.37. The van der Waals surface area contributed by atoms with Crippen LogP contribution in [0.3, 0.4) is 0 Å². The molecule has 0 spiro atoms. The van der Waals surface area contributed by atoms with E-state index in [0.717, 1.165) is 11.1 Å². The number of nitrogens with two attached hydrogens (primary N) is 2. The Labute approximate surface area is 183 Å². The number of nitrogen functional groups attached to an aromatic ring is 2. The fourth-order valence-electron chi connectivity index (χ4n) is 3.01. The van der Waals surface area contributed by atoms with Crippen LogP contribution in [0.25, 0.3) is 22.5 Å². The van der Waals surface area contributed by atoms with Crippen molar-refractivity contribution in [1.29, 1.82) is 5.41 Å². The summed E-state index contributed by atoms with van der Waals surface area (Å²) in [6, 6.07) is 14.8. The van der Waals surface area contributed by atoms with Gasteiger partial charge in [0.15, 0.2) is 11.3 Å². The van der Waals surface area contributed by atoms with Crippen molar-refractivity contribution in [2.24, 2.45) is 19.1 Å². The molecule has 2 aromatic heterocycles. The Morgan fingerprint density at radius 3 is 1.91 bits per heavy atom. The van der Waals surface area contributed by atoms with Crippen LogP contribution in [0.15, 0.2) is 53.5 Å². The van der Waals surface area contributed by atoms with Crippen molar-refractivity contribution in [1.82, 2.24) is 29.5 Å². The number of aromatic nitrogens is 6. The Hall–Kier alpha value is -4.54. The van der Waals surface area contributed by atoms with Gasteiger partial charge in [-0.05, 0) is 48.5 Å². The number of ether oxygens (including phenoxy) is 1. The second-order valence-electron chi connectivity index (χ2n) is 6.93. The molecule has 0 aliphatic rings. The highest BCUT2D eigenvalue weighted by Crippen LogP contribution is 2.27. The molecular formula is C21H22N10O. The van der Waals surface area contributed by atoms with Crippen molar-refractivity contribution < 1.29 is 4.74 Å². The predicted molar refractivity (Wildman–Crippen MR) is 119 cm³/mol. The lowest BCUT2D eigenvalue weighted by Gasteiger charge is -2.10. The first-order valence-electron chi connectivity index (χ1n) is 9.63. The van der Waals surface area contributed by atoms with Crippen LogP contribution < -0.4 is 27.3 Å². The van der Waals surface area contributed by atoms with Gasteiger partial charge in [-0.3, -0.25) is 10.4 Å². The third-order valence-electron chi connectivity index (χ3n) is 4.74. The number of hydrogen-bond acceptors (Lipinski definition) is 9. The summed E-state index contributed by atoms with van der Waals surface area (Å²) in [5.41, 5.74) is 15.0. The molecule has 0 fully saturated rings. The molecule has 0 aliphatic carbocycles. The Morgan fingerprint density at radius 1 is 0.812 bits per heavy atom. The van der Waals surface area contributed by atoms with Crippen molar-refractivity contribution in [2.75, 3.05) is 18.5 Å². The average Bonchev–Trinajstić information content (AvgIpc) is 2.79. The van der Waals surface area contributed by atoms with Gasteiger partial charge in [0.2, 0.25) is 11.6 Å².